The summed E-state index contributed by atoms with van der Waals surface area (Å²) < 4.78 is 1.75. The third kappa shape index (κ3) is 4.78. The fourth-order valence-electron chi connectivity index (χ4n) is 3.08. The van der Waals surface area contributed by atoms with E-state index in [1.807, 2.05) is 24.4 Å². The fraction of sp³-hybridized carbons (Fsp3) is 0.529. The van der Waals surface area contributed by atoms with Crippen molar-refractivity contribution in [3.05, 3.63) is 37.1 Å². The molecule has 1 amide bonds. The lowest BCUT2D eigenvalue weighted by molar-refractivity contribution is -0.121. The molecule has 3 heterocycles. The highest BCUT2D eigenvalue weighted by atomic mass is 16.1. The second-order valence-electron chi connectivity index (χ2n) is 6.21. The molecule has 1 N–H and O–H groups in total. The van der Waals surface area contributed by atoms with Crippen molar-refractivity contribution in [2.75, 3.05) is 24.5 Å². The summed E-state index contributed by atoms with van der Waals surface area (Å²) in [5.41, 5.74) is 0. The van der Waals surface area contributed by atoms with E-state index in [0.717, 1.165) is 51.3 Å². The van der Waals surface area contributed by atoms with Gasteiger partial charge in [0.1, 0.15) is 18.5 Å². The lowest BCUT2D eigenvalue weighted by Gasteiger charge is -2.33. The first kappa shape index (κ1) is 16.4. The number of aromatic nitrogens is 4. The Morgan fingerprint density at radius 3 is 3.12 bits per heavy atom. The van der Waals surface area contributed by atoms with Gasteiger partial charge in [-0.1, -0.05) is 6.07 Å². The number of hydrogen-bond donors (Lipinski definition) is 1. The van der Waals surface area contributed by atoms with E-state index >= 15 is 0 Å². The van der Waals surface area contributed by atoms with E-state index in [0.29, 0.717) is 12.3 Å². The van der Waals surface area contributed by atoms with Crippen molar-refractivity contribution < 1.29 is 4.79 Å². The topological polar surface area (TPSA) is 75.9 Å². The van der Waals surface area contributed by atoms with Crippen LogP contribution in [0.2, 0.25) is 0 Å². The quantitative estimate of drug-likeness (QED) is 0.833. The van der Waals surface area contributed by atoms with Crippen molar-refractivity contribution in [1.29, 1.82) is 0 Å². The van der Waals surface area contributed by atoms with Crippen LogP contribution in [0.5, 0.6) is 0 Å². The molecule has 1 aliphatic heterocycles. The first-order chi connectivity index (χ1) is 11.8. The Hall–Kier alpha value is -2.44. The molecule has 1 fully saturated rings. The standard InChI is InChI=1S/C17H24N6O/c24-17(7-4-10-23-14-18-13-21-23)20-11-15-5-3-9-22(12-15)16-6-1-2-8-19-16/h1-2,6,8,13-15H,3-5,7,9-12H2,(H,20,24)/t15-/m1/s1. The summed E-state index contributed by atoms with van der Waals surface area (Å²) in [5.74, 6) is 1.63. The third-order valence-electron chi connectivity index (χ3n) is 4.34. The average molecular weight is 328 g/mol. The van der Waals surface area contributed by atoms with E-state index in [4.69, 9.17) is 0 Å². The lowest BCUT2D eigenvalue weighted by atomic mass is 9.98. The highest BCUT2D eigenvalue weighted by molar-refractivity contribution is 5.75. The van der Waals surface area contributed by atoms with Crippen LogP contribution in [-0.2, 0) is 11.3 Å². The van der Waals surface area contributed by atoms with Gasteiger partial charge in [0.05, 0.1) is 0 Å². The number of nitrogens with zero attached hydrogens (tertiary/aromatic N) is 5. The fourth-order valence-corrected chi connectivity index (χ4v) is 3.08. The molecule has 1 aliphatic rings. The molecular weight excluding hydrogens is 304 g/mol. The Bertz CT molecular complexity index is 615. The summed E-state index contributed by atoms with van der Waals surface area (Å²) in [7, 11) is 0. The molecule has 1 saturated heterocycles. The predicted octanol–water partition coefficient (Wildman–Crippen LogP) is 1.49. The summed E-state index contributed by atoms with van der Waals surface area (Å²) in [6.45, 7) is 3.46. The molecule has 0 radical (unpaired) electrons. The number of carbonyl (C=O) groups excluding carboxylic acids is 1. The molecule has 128 valence electrons. The zero-order valence-corrected chi connectivity index (χ0v) is 13.8. The Kier molecular flexibility index (Phi) is 5.76. The van der Waals surface area contributed by atoms with Gasteiger partial charge in [-0.05, 0) is 37.3 Å². The summed E-state index contributed by atoms with van der Waals surface area (Å²) in [4.78, 5) is 22.6. The van der Waals surface area contributed by atoms with Crippen LogP contribution in [0.1, 0.15) is 25.7 Å². The lowest BCUT2D eigenvalue weighted by Crippen LogP contribution is -2.41. The van der Waals surface area contributed by atoms with Crippen LogP contribution in [0.15, 0.2) is 37.1 Å². The Morgan fingerprint density at radius 1 is 1.38 bits per heavy atom. The predicted molar refractivity (Wildman–Crippen MR) is 91.4 cm³/mol. The van der Waals surface area contributed by atoms with Gasteiger partial charge in [0.2, 0.25) is 5.91 Å². The molecule has 24 heavy (non-hydrogen) atoms. The number of pyridine rings is 1. The molecule has 0 unspecified atom stereocenters. The van der Waals surface area contributed by atoms with Crippen LogP contribution in [-0.4, -0.2) is 45.3 Å². The zero-order valence-electron chi connectivity index (χ0n) is 13.8. The second-order valence-corrected chi connectivity index (χ2v) is 6.21. The largest absolute Gasteiger partial charge is 0.356 e. The molecule has 0 bridgehead atoms. The van der Waals surface area contributed by atoms with Crippen molar-refractivity contribution in [1.82, 2.24) is 25.1 Å². The average Bonchev–Trinajstić information content (AvgIpc) is 3.14. The maximum absolute atomic E-state index is 12.0. The monoisotopic (exact) mass is 328 g/mol. The third-order valence-corrected chi connectivity index (χ3v) is 4.34. The SMILES string of the molecule is O=C(CCCn1cncn1)NC[C@H]1CCCN(c2ccccn2)C1. The van der Waals surface area contributed by atoms with E-state index < -0.39 is 0 Å². The minimum Gasteiger partial charge on any atom is -0.356 e. The Morgan fingerprint density at radius 2 is 2.33 bits per heavy atom. The molecule has 0 saturated carbocycles. The molecule has 0 aliphatic carbocycles. The normalized spacial score (nSPS) is 17.7. The van der Waals surface area contributed by atoms with Crippen LogP contribution in [0.3, 0.4) is 0 Å². The van der Waals surface area contributed by atoms with Crippen molar-refractivity contribution in [3.63, 3.8) is 0 Å². The van der Waals surface area contributed by atoms with Crippen LogP contribution < -0.4 is 10.2 Å². The summed E-state index contributed by atoms with van der Waals surface area (Å²) in [5, 5.41) is 7.11. The first-order valence-electron chi connectivity index (χ1n) is 8.56. The van der Waals surface area contributed by atoms with Crippen molar-refractivity contribution in [2.24, 2.45) is 5.92 Å². The van der Waals surface area contributed by atoms with E-state index in [1.165, 1.54) is 6.33 Å². The van der Waals surface area contributed by atoms with Crippen LogP contribution in [0, 0.1) is 5.92 Å². The van der Waals surface area contributed by atoms with Gasteiger partial charge >= 0.3 is 0 Å². The molecule has 1 atom stereocenters. The molecule has 0 aromatic carbocycles. The number of anilines is 1. The minimum atomic E-state index is 0.116. The Balaban J connectivity index is 1.37. The summed E-state index contributed by atoms with van der Waals surface area (Å²) in [6.07, 6.45) is 8.61. The number of hydrogen-bond acceptors (Lipinski definition) is 5. The van der Waals surface area contributed by atoms with Gasteiger partial charge < -0.3 is 10.2 Å². The number of piperidine rings is 1. The van der Waals surface area contributed by atoms with Gasteiger partial charge in [0, 0.05) is 38.8 Å². The van der Waals surface area contributed by atoms with Crippen molar-refractivity contribution in [2.45, 2.75) is 32.2 Å². The number of nitrogens with one attached hydrogen (secondary N) is 1. The van der Waals surface area contributed by atoms with Gasteiger partial charge in [0.15, 0.2) is 0 Å². The van der Waals surface area contributed by atoms with E-state index in [-0.39, 0.29) is 5.91 Å². The number of rotatable bonds is 7. The minimum absolute atomic E-state index is 0.116. The summed E-state index contributed by atoms with van der Waals surface area (Å²) >= 11 is 0. The highest BCUT2D eigenvalue weighted by Crippen LogP contribution is 2.20. The molecular formula is C17H24N6O. The zero-order chi connectivity index (χ0) is 16.6. The van der Waals surface area contributed by atoms with Gasteiger partial charge in [0.25, 0.3) is 0 Å². The van der Waals surface area contributed by atoms with Crippen molar-refractivity contribution >= 4 is 11.7 Å². The van der Waals surface area contributed by atoms with Crippen molar-refractivity contribution in [3.8, 4) is 0 Å². The Labute approximate surface area is 142 Å². The number of carbonyl (C=O) groups is 1. The number of aryl methyl sites for hydroxylation is 1. The molecule has 3 rings (SSSR count). The smallest absolute Gasteiger partial charge is 0.220 e. The van der Waals surface area contributed by atoms with E-state index in [1.54, 1.807) is 11.0 Å². The van der Waals surface area contributed by atoms with Gasteiger partial charge in [-0.2, -0.15) is 5.10 Å². The van der Waals surface area contributed by atoms with Gasteiger partial charge in [-0.15, -0.1) is 0 Å². The summed E-state index contributed by atoms with van der Waals surface area (Å²) in [6, 6.07) is 6.00. The van der Waals surface area contributed by atoms with Gasteiger partial charge in [-0.25, -0.2) is 9.97 Å². The van der Waals surface area contributed by atoms with Crippen LogP contribution in [0.25, 0.3) is 0 Å². The van der Waals surface area contributed by atoms with Crippen LogP contribution in [0.4, 0.5) is 5.82 Å². The molecule has 7 nitrogen and oxygen atoms in total. The van der Waals surface area contributed by atoms with Gasteiger partial charge in [-0.3, -0.25) is 9.48 Å². The highest BCUT2D eigenvalue weighted by Gasteiger charge is 2.21. The molecule has 7 heteroatoms. The first-order valence-corrected chi connectivity index (χ1v) is 8.56. The van der Waals surface area contributed by atoms with Crippen LogP contribution >= 0.6 is 0 Å². The maximum Gasteiger partial charge on any atom is 0.220 e. The molecule has 2 aromatic rings. The maximum atomic E-state index is 12.0. The van der Waals surface area contributed by atoms with E-state index in [2.05, 4.69) is 25.3 Å². The van der Waals surface area contributed by atoms with E-state index in [9.17, 15) is 4.79 Å². The molecule has 2 aromatic heterocycles. The molecule has 0 spiro atoms. The second kappa shape index (κ2) is 8.42. The number of amides is 1.